The Morgan fingerprint density at radius 3 is 2.52 bits per heavy atom. The van der Waals surface area contributed by atoms with Crippen LogP contribution >= 0.6 is 0 Å². The second-order valence-corrected chi connectivity index (χ2v) is 6.57. The highest BCUT2D eigenvalue weighted by atomic mass is 32.2. The molecule has 1 atom stereocenters. The summed E-state index contributed by atoms with van der Waals surface area (Å²) >= 11 is 0. The molecule has 0 bridgehead atoms. The van der Waals surface area contributed by atoms with Crippen LogP contribution in [0, 0.1) is 0 Å². The summed E-state index contributed by atoms with van der Waals surface area (Å²) in [6, 6.07) is 4.01. The second kappa shape index (κ2) is 5.01. The molecule has 0 aliphatic heterocycles. The maximum Gasteiger partial charge on any atom is 0.324 e. The van der Waals surface area contributed by atoms with E-state index in [9.17, 15) is 18.0 Å². The zero-order valence-electron chi connectivity index (χ0n) is 11.4. The van der Waals surface area contributed by atoms with Crippen LogP contribution in [-0.2, 0) is 14.8 Å². The molecule has 2 aromatic rings. The van der Waals surface area contributed by atoms with Crippen molar-refractivity contribution in [3.63, 3.8) is 0 Å². The summed E-state index contributed by atoms with van der Waals surface area (Å²) in [5.41, 5.74) is -1.25. The number of fused-ring (bicyclic) bond motifs is 1. The fraction of sp³-hybridized carbons (Fsp3) is 0.333. The van der Waals surface area contributed by atoms with E-state index < -0.39 is 27.2 Å². The molecule has 8 nitrogen and oxygen atoms in total. The van der Waals surface area contributed by atoms with Crippen molar-refractivity contribution in [2.75, 3.05) is 0 Å². The Balaban J connectivity index is 2.46. The number of benzene rings is 1. The van der Waals surface area contributed by atoms with Crippen LogP contribution in [0.15, 0.2) is 27.9 Å². The fourth-order valence-electron chi connectivity index (χ4n) is 1.80. The molecule has 2 rings (SSSR count). The topological polar surface area (TPSA) is 132 Å². The largest absolute Gasteiger partial charge is 0.480 e. The molecule has 9 heteroatoms. The van der Waals surface area contributed by atoms with Gasteiger partial charge in [0.25, 0.3) is 0 Å². The highest BCUT2D eigenvalue weighted by Crippen LogP contribution is 2.19. The Kier molecular flexibility index (Phi) is 3.64. The zero-order valence-corrected chi connectivity index (χ0v) is 12.2. The van der Waals surface area contributed by atoms with Crippen LogP contribution in [0.3, 0.4) is 0 Å². The Hall–Kier alpha value is -2.13. The maximum atomic E-state index is 12.3. The molecule has 0 aliphatic rings. The van der Waals surface area contributed by atoms with Crippen molar-refractivity contribution in [1.82, 2.24) is 14.7 Å². The number of H-pyrrole nitrogens is 2. The predicted molar refractivity (Wildman–Crippen MR) is 75.6 cm³/mol. The van der Waals surface area contributed by atoms with E-state index in [1.807, 2.05) is 0 Å². The van der Waals surface area contributed by atoms with Crippen molar-refractivity contribution in [2.24, 2.45) is 0 Å². The lowest BCUT2D eigenvalue weighted by Crippen LogP contribution is -2.51. The second-order valence-electron chi connectivity index (χ2n) is 4.88. The first kappa shape index (κ1) is 15.3. The Labute approximate surface area is 120 Å². The van der Waals surface area contributed by atoms with E-state index in [0.29, 0.717) is 11.0 Å². The molecule has 0 fully saturated rings. The number of rotatable bonds is 5. The minimum atomic E-state index is -4.02. The molecular weight excluding hydrogens is 298 g/mol. The van der Waals surface area contributed by atoms with Crippen molar-refractivity contribution in [1.29, 1.82) is 0 Å². The first-order valence-electron chi connectivity index (χ1n) is 6.17. The average molecular weight is 313 g/mol. The number of hydrogen-bond acceptors (Lipinski definition) is 4. The summed E-state index contributed by atoms with van der Waals surface area (Å²) in [5, 5.41) is 9.14. The van der Waals surface area contributed by atoms with Gasteiger partial charge in [-0.1, -0.05) is 6.92 Å². The third kappa shape index (κ3) is 2.83. The molecule has 21 heavy (non-hydrogen) atoms. The normalized spacial score (nSPS) is 15.0. The summed E-state index contributed by atoms with van der Waals surface area (Å²) in [6.07, 6.45) is 0.0881. The molecule has 1 unspecified atom stereocenters. The zero-order chi connectivity index (χ0) is 15.8. The van der Waals surface area contributed by atoms with Gasteiger partial charge in [0, 0.05) is 0 Å². The number of nitrogens with one attached hydrogen (secondary N) is 3. The quantitative estimate of drug-likeness (QED) is 0.634. The number of aromatic nitrogens is 2. The monoisotopic (exact) mass is 313 g/mol. The highest BCUT2D eigenvalue weighted by molar-refractivity contribution is 7.89. The van der Waals surface area contributed by atoms with Crippen molar-refractivity contribution in [3.8, 4) is 0 Å². The van der Waals surface area contributed by atoms with E-state index in [0.717, 1.165) is 0 Å². The first-order valence-corrected chi connectivity index (χ1v) is 7.66. The number of hydrogen-bond donors (Lipinski definition) is 4. The molecule has 0 saturated heterocycles. The Morgan fingerprint density at radius 1 is 1.33 bits per heavy atom. The number of sulfonamides is 1. The third-order valence-electron chi connectivity index (χ3n) is 3.34. The van der Waals surface area contributed by atoms with E-state index in [2.05, 4.69) is 14.7 Å². The standard InChI is InChI=1S/C12H15N3O5S/c1-3-12(2,10(16)17)15-21(19,20)7-4-5-8-9(6-7)14-11(18)13-8/h4-6,15H,3H2,1-2H3,(H,16,17)(H2,13,14,18). The lowest BCUT2D eigenvalue weighted by Gasteiger charge is -2.24. The van der Waals surface area contributed by atoms with Gasteiger partial charge in [-0.25, -0.2) is 13.2 Å². The van der Waals surface area contributed by atoms with Crippen molar-refractivity contribution in [2.45, 2.75) is 30.7 Å². The molecule has 4 N–H and O–H groups in total. The number of carbonyl (C=O) groups is 1. The van der Waals surface area contributed by atoms with Crippen LogP contribution in [0.25, 0.3) is 11.0 Å². The summed E-state index contributed by atoms with van der Waals surface area (Å²) in [7, 11) is -4.02. The molecule has 0 radical (unpaired) electrons. The molecule has 114 valence electrons. The highest BCUT2D eigenvalue weighted by Gasteiger charge is 2.36. The molecule has 0 amide bonds. The first-order chi connectivity index (χ1) is 9.68. The third-order valence-corrected chi connectivity index (χ3v) is 4.93. The average Bonchev–Trinajstić information content (AvgIpc) is 2.76. The van der Waals surface area contributed by atoms with Crippen molar-refractivity contribution in [3.05, 3.63) is 28.7 Å². The van der Waals surface area contributed by atoms with Gasteiger partial charge in [-0.3, -0.25) is 4.79 Å². The lowest BCUT2D eigenvalue weighted by molar-refractivity contribution is -0.143. The van der Waals surface area contributed by atoms with E-state index in [1.54, 1.807) is 6.92 Å². The van der Waals surface area contributed by atoms with Gasteiger partial charge in [-0.05, 0) is 31.5 Å². The van der Waals surface area contributed by atoms with Crippen molar-refractivity contribution < 1.29 is 18.3 Å². The van der Waals surface area contributed by atoms with E-state index in [4.69, 9.17) is 5.11 Å². The molecule has 1 heterocycles. The molecule has 1 aromatic carbocycles. The van der Waals surface area contributed by atoms with Crippen LogP contribution in [0.4, 0.5) is 0 Å². The lowest BCUT2D eigenvalue weighted by atomic mass is 10.0. The van der Waals surface area contributed by atoms with E-state index in [1.165, 1.54) is 25.1 Å². The summed E-state index contributed by atoms with van der Waals surface area (Å²) in [5.74, 6) is -1.26. The van der Waals surface area contributed by atoms with Crippen LogP contribution < -0.4 is 10.4 Å². The van der Waals surface area contributed by atoms with Gasteiger partial charge in [0.05, 0.1) is 15.9 Å². The van der Waals surface area contributed by atoms with Gasteiger partial charge in [0.2, 0.25) is 10.0 Å². The number of imidazole rings is 1. The Bertz CT molecular complexity index is 851. The van der Waals surface area contributed by atoms with Crippen LogP contribution in [0.2, 0.25) is 0 Å². The molecule has 0 aliphatic carbocycles. The van der Waals surface area contributed by atoms with E-state index >= 15 is 0 Å². The van der Waals surface area contributed by atoms with Gasteiger partial charge in [0.15, 0.2) is 0 Å². The SMILES string of the molecule is CCC(C)(NS(=O)(=O)c1ccc2[nH]c(=O)[nH]c2c1)C(=O)O. The Morgan fingerprint density at radius 2 is 1.95 bits per heavy atom. The number of aromatic amines is 2. The van der Waals surface area contributed by atoms with Crippen LogP contribution in [0.5, 0.6) is 0 Å². The molecule has 0 spiro atoms. The molecule has 1 aromatic heterocycles. The van der Waals surface area contributed by atoms with Gasteiger partial charge >= 0.3 is 11.7 Å². The minimum absolute atomic E-state index is 0.0881. The van der Waals surface area contributed by atoms with E-state index in [-0.39, 0.29) is 11.3 Å². The number of carboxylic acids is 1. The summed E-state index contributed by atoms with van der Waals surface area (Å²) in [6.45, 7) is 2.87. The van der Waals surface area contributed by atoms with Gasteiger partial charge in [0.1, 0.15) is 5.54 Å². The van der Waals surface area contributed by atoms with Crippen LogP contribution in [-0.4, -0.2) is 35.0 Å². The van der Waals surface area contributed by atoms with Gasteiger partial charge in [-0.2, -0.15) is 4.72 Å². The molecular formula is C12H15N3O5S. The van der Waals surface area contributed by atoms with Gasteiger partial charge in [-0.15, -0.1) is 0 Å². The summed E-state index contributed by atoms with van der Waals surface area (Å²) in [4.78, 5) is 27.2. The van der Waals surface area contributed by atoms with Gasteiger partial charge < -0.3 is 15.1 Å². The summed E-state index contributed by atoms with van der Waals surface area (Å²) < 4.78 is 26.7. The molecule has 0 saturated carbocycles. The van der Waals surface area contributed by atoms with Crippen molar-refractivity contribution >= 4 is 27.0 Å². The fourth-order valence-corrected chi connectivity index (χ4v) is 3.26. The maximum absolute atomic E-state index is 12.3. The van der Waals surface area contributed by atoms with Crippen LogP contribution in [0.1, 0.15) is 20.3 Å². The smallest absolute Gasteiger partial charge is 0.324 e. The number of carboxylic acid groups (broad SMARTS) is 1. The number of aliphatic carboxylic acids is 1. The minimum Gasteiger partial charge on any atom is -0.480 e. The predicted octanol–water partition coefficient (Wildman–Crippen LogP) is 0.388.